The number of rotatable bonds is 2. The summed E-state index contributed by atoms with van der Waals surface area (Å²) >= 11 is 0. The summed E-state index contributed by atoms with van der Waals surface area (Å²) in [4.78, 5) is 4.19. The smallest absolute Gasteiger partial charge is 0.403 e. The molecule has 1 aliphatic heterocycles. The lowest BCUT2D eigenvalue weighted by molar-refractivity contribution is -0.168. The quantitative estimate of drug-likeness (QED) is 0.366. The summed E-state index contributed by atoms with van der Waals surface area (Å²) in [5, 5.41) is 0.951. The van der Waals surface area contributed by atoms with E-state index in [1.54, 1.807) is 30.3 Å². The zero-order valence-corrected chi connectivity index (χ0v) is 15.3. The zero-order valence-electron chi connectivity index (χ0n) is 15.3. The molecule has 5 heteroatoms. The minimum absolute atomic E-state index is 0.191. The van der Waals surface area contributed by atoms with E-state index in [9.17, 15) is 13.2 Å². The molecule has 1 aromatic heterocycles. The average Bonchev–Trinajstić information content (AvgIpc) is 3.17. The van der Waals surface area contributed by atoms with Gasteiger partial charge in [-0.25, -0.2) is 0 Å². The van der Waals surface area contributed by atoms with Gasteiger partial charge in [0.2, 0.25) is 0 Å². The second-order valence-electron chi connectivity index (χ2n) is 7.26. The number of alkyl halides is 3. The van der Waals surface area contributed by atoms with Crippen LogP contribution in [0.4, 0.5) is 18.9 Å². The highest BCUT2D eigenvalue weighted by Gasteiger charge is 2.56. The molecule has 0 amide bonds. The Morgan fingerprint density at radius 2 is 1.62 bits per heavy atom. The van der Waals surface area contributed by atoms with Crippen molar-refractivity contribution in [3.8, 4) is 11.3 Å². The van der Waals surface area contributed by atoms with Gasteiger partial charge < -0.3 is 4.42 Å². The molecule has 2 nitrogen and oxygen atoms in total. The largest absolute Gasteiger partial charge is 0.456 e. The number of benzene rings is 3. The second kappa shape index (κ2) is 6.34. The lowest BCUT2D eigenvalue weighted by Crippen LogP contribution is -2.46. The van der Waals surface area contributed by atoms with Gasteiger partial charge in [-0.15, -0.1) is 0 Å². The molecule has 0 spiro atoms. The number of halogens is 3. The van der Waals surface area contributed by atoms with Gasteiger partial charge in [-0.2, -0.15) is 13.2 Å². The van der Waals surface area contributed by atoms with Crippen LogP contribution in [0.25, 0.3) is 22.3 Å². The minimum atomic E-state index is -4.47. The normalized spacial score (nSPS) is 18.7. The number of hydrogen-bond donors (Lipinski definition) is 0. The number of hydrogen-bond acceptors (Lipinski definition) is 2. The first-order valence-electron chi connectivity index (χ1n) is 9.26. The lowest BCUT2D eigenvalue weighted by Gasteiger charge is -2.35. The maximum atomic E-state index is 14.2. The van der Waals surface area contributed by atoms with E-state index in [0.717, 1.165) is 22.7 Å². The van der Waals surface area contributed by atoms with Crippen molar-refractivity contribution >= 4 is 22.9 Å². The fourth-order valence-corrected chi connectivity index (χ4v) is 3.91. The Kier molecular flexibility index (Phi) is 3.88. The molecule has 2 heterocycles. The van der Waals surface area contributed by atoms with Crippen molar-refractivity contribution in [3.05, 3.63) is 90.0 Å². The molecule has 0 aliphatic carbocycles. The van der Waals surface area contributed by atoms with Gasteiger partial charge in [0, 0.05) is 17.2 Å². The molecule has 0 radical (unpaired) electrons. The second-order valence-corrected chi connectivity index (χ2v) is 7.26. The SMILES string of the molecule is FC(F)(F)[C@]1(c2ccccc2)C=Nc2ccc(-c3cc4ccccc4o3)cc2C1. The van der Waals surface area contributed by atoms with Crippen LogP contribution in [0, 0.1) is 0 Å². The monoisotopic (exact) mass is 391 g/mol. The standard InChI is InChI=1S/C24H16F3NO/c25-24(26,27)23(19-7-2-1-3-8-19)14-18-12-17(10-11-20(18)28-15-23)22-13-16-6-4-5-9-21(16)29-22/h1-13,15H,14H2/t23-/m0/s1. The molecule has 0 bridgehead atoms. The lowest BCUT2D eigenvalue weighted by atomic mass is 9.74. The number of nitrogens with zero attached hydrogens (tertiary/aromatic N) is 1. The zero-order chi connectivity index (χ0) is 20.1. The summed E-state index contributed by atoms with van der Waals surface area (Å²) in [6.45, 7) is 0. The molecule has 4 aromatic rings. The first-order chi connectivity index (χ1) is 14.0. The van der Waals surface area contributed by atoms with Crippen LogP contribution >= 0.6 is 0 Å². The molecule has 0 saturated carbocycles. The topological polar surface area (TPSA) is 25.5 Å². The van der Waals surface area contributed by atoms with E-state index in [4.69, 9.17) is 4.42 Å². The first-order valence-corrected chi connectivity index (χ1v) is 9.26. The van der Waals surface area contributed by atoms with E-state index in [1.165, 1.54) is 12.1 Å². The van der Waals surface area contributed by atoms with Crippen LogP contribution in [0.2, 0.25) is 0 Å². The first kappa shape index (κ1) is 17.7. The van der Waals surface area contributed by atoms with E-state index < -0.39 is 11.6 Å². The molecule has 1 atom stereocenters. The number of fused-ring (bicyclic) bond motifs is 2. The van der Waals surface area contributed by atoms with Crippen LogP contribution in [0.5, 0.6) is 0 Å². The Hall–Kier alpha value is -3.34. The summed E-state index contributed by atoms with van der Waals surface area (Å²) in [6, 6.07) is 22.8. The molecule has 0 unspecified atom stereocenters. The number of furan rings is 1. The third-order valence-corrected chi connectivity index (χ3v) is 5.48. The third-order valence-electron chi connectivity index (χ3n) is 5.48. The van der Waals surface area contributed by atoms with Crippen molar-refractivity contribution in [1.82, 2.24) is 0 Å². The fraction of sp³-hybridized carbons (Fsp3) is 0.125. The van der Waals surface area contributed by atoms with E-state index >= 15 is 0 Å². The average molecular weight is 391 g/mol. The van der Waals surface area contributed by atoms with E-state index in [0.29, 0.717) is 17.0 Å². The highest BCUT2D eigenvalue weighted by molar-refractivity contribution is 5.85. The molecule has 3 aromatic carbocycles. The molecule has 29 heavy (non-hydrogen) atoms. The van der Waals surface area contributed by atoms with Gasteiger partial charge in [-0.1, -0.05) is 48.5 Å². The Balaban J connectivity index is 1.61. The van der Waals surface area contributed by atoms with Crippen molar-refractivity contribution < 1.29 is 17.6 Å². The van der Waals surface area contributed by atoms with Crippen molar-refractivity contribution in [1.29, 1.82) is 0 Å². The van der Waals surface area contributed by atoms with E-state index in [-0.39, 0.29) is 12.0 Å². The van der Waals surface area contributed by atoms with Crippen LogP contribution in [0.15, 0.2) is 88.3 Å². The van der Waals surface area contributed by atoms with Gasteiger partial charge in [-0.05, 0) is 47.9 Å². The molecular formula is C24H16F3NO. The van der Waals surface area contributed by atoms with Crippen LogP contribution in [0.1, 0.15) is 11.1 Å². The molecule has 1 aliphatic rings. The molecule has 0 fully saturated rings. The van der Waals surface area contributed by atoms with Gasteiger partial charge >= 0.3 is 6.18 Å². The van der Waals surface area contributed by atoms with Crippen molar-refractivity contribution in [2.24, 2.45) is 4.99 Å². The summed E-state index contributed by atoms with van der Waals surface area (Å²) < 4.78 is 48.6. The van der Waals surface area contributed by atoms with Gasteiger partial charge in [0.1, 0.15) is 16.8 Å². The van der Waals surface area contributed by atoms with Gasteiger partial charge in [0.05, 0.1) is 5.69 Å². The van der Waals surface area contributed by atoms with Crippen molar-refractivity contribution in [3.63, 3.8) is 0 Å². The van der Waals surface area contributed by atoms with E-state index in [2.05, 4.69) is 4.99 Å². The van der Waals surface area contributed by atoms with Crippen LogP contribution in [-0.4, -0.2) is 12.4 Å². The summed E-state index contributed by atoms with van der Waals surface area (Å²) in [5.74, 6) is 0.626. The molecule has 0 N–H and O–H groups in total. The number of aliphatic imine (C=N–C) groups is 1. The Morgan fingerprint density at radius 1 is 0.862 bits per heavy atom. The van der Waals surface area contributed by atoms with Crippen LogP contribution in [-0.2, 0) is 11.8 Å². The highest BCUT2D eigenvalue weighted by atomic mass is 19.4. The predicted molar refractivity (Wildman–Crippen MR) is 108 cm³/mol. The van der Waals surface area contributed by atoms with E-state index in [1.807, 2.05) is 36.4 Å². The van der Waals surface area contributed by atoms with Crippen LogP contribution in [0.3, 0.4) is 0 Å². The van der Waals surface area contributed by atoms with Crippen molar-refractivity contribution in [2.75, 3.05) is 0 Å². The maximum Gasteiger partial charge on any atom is 0.403 e. The summed E-state index contributed by atoms with van der Waals surface area (Å²) in [6.07, 6.45) is -3.62. The predicted octanol–water partition coefficient (Wildman–Crippen LogP) is 6.86. The molecular weight excluding hydrogens is 375 g/mol. The number of para-hydroxylation sites is 1. The van der Waals surface area contributed by atoms with Crippen LogP contribution < -0.4 is 0 Å². The molecule has 5 rings (SSSR count). The Labute approximate surface area is 165 Å². The summed E-state index contributed by atoms with van der Waals surface area (Å²) in [7, 11) is 0. The Bertz CT molecular complexity index is 1190. The molecule has 0 saturated heterocycles. The van der Waals surface area contributed by atoms with Gasteiger partial charge in [0.25, 0.3) is 0 Å². The maximum absolute atomic E-state index is 14.2. The Morgan fingerprint density at radius 3 is 2.38 bits per heavy atom. The van der Waals surface area contributed by atoms with Crippen molar-refractivity contribution in [2.45, 2.75) is 18.0 Å². The highest BCUT2D eigenvalue weighted by Crippen LogP contribution is 2.47. The van der Waals surface area contributed by atoms with Gasteiger partial charge in [0.15, 0.2) is 0 Å². The minimum Gasteiger partial charge on any atom is -0.456 e. The van der Waals surface area contributed by atoms with Gasteiger partial charge in [-0.3, -0.25) is 4.99 Å². The fourth-order valence-electron chi connectivity index (χ4n) is 3.91. The molecule has 144 valence electrons. The third kappa shape index (κ3) is 2.85. The summed E-state index contributed by atoms with van der Waals surface area (Å²) in [5.41, 5.74) is 0.630.